The number of quaternary nitrogens is 1. The number of Topliss-reactive ketones (excluding diaryl/α,β-unsaturated/α-hetero) is 4. The molecule has 606 valence electrons. The van der Waals surface area contributed by atoms with Crippen LogP contribution in [0.15, 0.2) is 103 Å². The Labute approximate surface area is 659 Å². The third kappa shape index (κ3) is 23.6. The lowest BCUT2D eigenvalue weighted by molar-refractivity contribution is -0.870. The van der Waals surface area contributed by atoms with Crippen molar-refractivity contribution in [3.8, 4) is 5.75 Å². The minimum absolute atomic E-state index is 0. The number of unbranched alkanes of at least 4 members (excludes halogenated alkanes) is 2. The maximum absolute atomic E-state index is 16.3. The van der Waals surface area contributed by atoms with Gasteiger partial charge < -0.3 is 72.3 Å². The minimum atomic E-state index is -1.78. The molecule has 2 fully saturated rings. The molecule has 11 rings (SSSR count). The van der Waals surface area contributed by atoms with Crippen molar-refractivity contribution in [2.75, 3.05) is 61.0 Å². The van der Waals surface area contributed by atoms with E-state index in [4.69, 9.17) is 9.47 Å². The maximum Gasteiger partial charge on any atom is 0.246 e. The topological polar surface area (TPSA) is 318 Å². The summed E-state index contributed by atoms with van der Waals surface area (Å²) in [5, 5.41) is 26.8. The second-order valence-corrected chi connectivity index (χ2v) is 32.6. The predicted octanol–water partition coefficient (Wildman–Crippen LogP) is 7.52. The lowest BCUT2D eigenvalue weighted by Gasteiger charge is -2.37. The number of fused-ring (bicyclic) bond motifs is 16. The van der Waals surface area contributed by atoms with Crippen molar-refractivity contribution >= 4 is 81.3 Å². The third-order valence-corrected chi connectivity index (χ3v) is 22.8. The molecule has 8 amide bonds. The molecule has 12 bridgehead atoms. The molecular weight excluding hydrogens is 1430 g/mol. The monoisotopic (exact) mass is 1540 g/mol. The van der Waals surface area contributed by atoms with E-state index in [0.29, 0.717) is 79.6 Å². The van der Waals surface area contributed by atoms with Crippen LogP contribution in [-0.4, -0.2) is 208 Å². The molecule has 0 spiro atoms. The van der Waals surface area contributed by atoms with Crippen LogP contribution < -0.4 is 31.3 Å². The van der Waals surface area contributed by atoms with E-state index in [1.807, 2.05) is 54.7 Å². The molecule has 6 aliphatic rings. The van der Waals surface area contributed by atoms with Crippen molar-refractivity contribution in [2.24, 2.45) is 11.8 Å². The second-order valence-electron chi connectivity index (χ2n) is 32.6. The summed E-state index contributed by atoms with van der Waals surface area (Å²) in [6, 6.07) is 22.0. The van der Waals surface area contributed by atoms with Gasteiger partial charge in [-0.1, -0.05) is 98.6 Å². The van der Waals surface area contributed by atoms with Gasteiger partial charge in [0, 0.05) is 120 Å². The van der Waals surface area contributed by atoms with Gasteiger partial charge in [-0.25, -0.2) is 0 Å². The number of methoxy groups -OCH3 is 1. The van der Waals surface area contributed by atoms with Crippen molar-refractivity contribution in [1.29, 1.82) is 0 Å². The molecule has 25 nitrogen and oxygen atoms in total. The summed E-state index contributed by atoms with van der Waals surface area (Å²) in [6.45, 7) is 6.19. The number of hydrogen-bond acceptors (Lipinski definition) is 15. The van der Waals surface area contributed by atoms with Gasteiger partial charge in [0.1, 0.15) is 48.1 Å². The number of amides is 8. The van der Waals surface area contributed by atoms with Gasteiger partial charge in [0.25, 0.3) is 0 Å². The number of carbonyl (C=O) groups excluding carboxylic acids is 12. The largest absolute Gasteiger partial charge is 0.497 e. The highest BCUT2D eigenvalue weighted by Gasteiger charge is 2.49. The summed E-state index contributed by atoms with van der Waals surface area (Å²) >= 11 is 0. The van der Waals surface area contributed by atoms with Crippen LogP contribution in [0.4, 0.5) is 0 Å². The molecule has 7 heterocycles. The van der Waals surface area contributed by atoms with Crippen LogP contribution in [-0.2, 0) is 108 Å². The van der Waals surface area contributed by atoms with Crippen molar-refractivity contribution < 1.29 is 76.6 Å². The molecule has 0 aliphatic carbocycles. The Morgan fingerprint density at radius 3 is 2.13 bits per heavy atom. The van der Waals surface area contributed by atoms with E-state index < -0.39 is 120 Å². The normalized spacial score (nSPS) is 25.0. The summed E-state index contributed by atoms with van der Waals surface area (Å²) in [4.78, 5) is 184. The first-order chi connectivity index (χ1) is 53.1. The zero-order valence-corrected chi connectivity index (χ0v) is 66.8. The van der Waals surface area contributed by atoms with E-state index in [1.54, 1.807) is 67.3 Å². The number of rotatable bonds is 13. The number of aliphatic hydroxyl groups excluding tert-OH is 1. The number of carbonyl (C=O) groups is 12. The van der Waals surface area contributed by atoms with Crippen molar-refractivity contribution in [3.63, 3.8) is 0 Å². The van der Waals surface area contributed by atoms with E-state index in [2.05, 4.69) is 52.3 Å². The Morgan fingerprint density at radius 2 is 1.39 bits per heavy atom. The zero-order valence-electron chi connectivity index (χ0n) is 66.8. The highest BCUT2D eigenvalue weighted by atomic mass is 16.5. The van der Waals surface area contributed by atoms with E-state index in [1.165, 1.54) is 23.8 Å². The van der Waals surface area contributed by atoms with Crippen molar-refractivity contribution in [1.82, 2.24) is 45.9 Å². The van der Waals surface area contributed by atoms with E-state index >= 15 is 28.8 Å². The molecule has 25 heteroatoms. The summed E-state index contributed by atoms with van der Waals surface area (Å²) in [5.74, 6) is -8.40. The fourth-order valence-electron chi connectivity index (χ4n) is 16.3. The average Bonchev–Trinajstić information content (AvgIpc) is 1.63. The number of aliphatic hydroxyl groups is 1. The Bertz CT molecular complexity index is 4150. The summed E-state index contributed by atoms with van der Waals surface area (Å²) in [7, 11) is 7.82. The Balaban J connectivity index is 0.0000144. The lowest BCUT2D eigenvalue weighted by Crippen LogP contribution is -2.62. The average molecular weight is 1540 g/mol. The molecule has 6 N–H and O–H groups in total. The molecule has 1 aromatic heterocycles. The Morgan fingerprint density at radius 1 is 0.670 bits per heavy atom. The van der Waals surface area contributed by atoms with Gasteiger partial charge in [-0.2, -0.15) is 0 Å². The molecule has 10 atom stereocenters. The molecule has 0 saturated carbocycles. The van der Waals surface area contributed by atoms with Gasteiger partial charge in [0.05, 0.1) is 58.6 Å². The number of nitrogens with one attached hydrogen (secondary N) is 5. The van der Waals surface area contributed by atoms with Crippen LogP contribution in [0.25, 0.3) is 10.9 Å². The predicted molar refractivity (Wildman–Crippen MR) is 424 cm³/mol. The number of ether oxygens (including phenoxy) is 2. The molecule has 0 unspecified atom stereocenters. The number of ketones is 4. The first kappa shape index (κ1) is 86.5. The molecule has 0 radical (unpaired) electrons. The highest BCUT2D eigenvalue weighted by Crippen LogP contribution is 2.35. The fraction of sp³-hybridized carbons (Fsp3) is 0.552. The number of hydrogen-bond donors (Lipinski definition) is 6. The first-order valence-corrected chi connectivity index (χ1v) is 40.1. The molecule has 112 heavy (non-hydrogen) atoms. The summed E-state index contributed by atoms with van der Waals surface area (Å²) < 4.78 is 14.7. The first-order valence-electron chi connectivity index (χ1n) is 40.1. The van der Waals surface area contributed by atoms with Gasteiger partial charge in [-0.15, -0.1) is 0 Å². The summed E-state index contributed by atoms with van der Waals surface area (Å²) in [6.07, 6.45) is 4.92. The van der Waals surface area contributed by atoms with Gasteiger partial charge >= 0.3 is 0 Å². The third-order valence-electron chi connectivity index (χ3n) is 22.8. The SMILES string of the molecule is COc1ccc(C[C@@H]2NC(=O)[C@H]([C@@H](C)O)NC(=O)[C@@H]3[C@@H]4CCN3C(=O)[C@H]3CC(=O)[C@H](Cc5cccc(c5)CNC(=O)CO4)NC(=O)[C@@H](CCC(=O)CCCCC[N+](C)(C)C)NC(=O)[C@H](C)CC(=O)CCC(=O)N(CCCCCCn4cc(c5ccccc54)C3)Cc3ccc(cc3)CCCC(=O)[C@]3(C)CCCN3C2=O)cc1.[CH3-]. The number of para-hydroxylation sites is 1. The Kier molecular flexibility index (Phi) is 31.2. The maximum atomic E-state index is 16.3. The number of benzene rings is 4. The van der Waals surface area contributed by atoms with Gasteiger partial charge in [0.2, 0.25) is 47.3 Å². The fourth-order valence-corrected chi connectivity index (χ4v) is 16.3. The number of aryl methyl sites for hydroxylation is 2. The smallest absolute Gasteiger partial charge is 0.246 e. The quantitative estimate of drug-likeness (QED) is 0.0377. The van der Waals surface area contributed by atoms with Crippen LogP contribution in [0.2, 0.25) is 0 Å². The molecule has 4 aromatic carbocycles. The van der Waals surface area contributed by atoms with Crippen molar-refractivity contribution in [3.05, 3.63) is 144 Å². The zero-order chi connectivity index (χ0) is 79.5. The van der Waals surface area contributed by atoms with Crippen LogP contribution >= 0.6 is 0 Å². The van der Waals surface area contributed by atoms with Crippen LogP contribution in [0.5, 0.6) is 5.75 Å². The standard InChI is InChI=1S/C86H114N10O15.CH3/c1-56-46-66(99)34-38-77(103)93-42-15-9-8-14-41-92-54-64(68-24-12-13-25-72(68)92)50-63-51-73(100)70(89-81(105)69(88-80(56)104)37-33-65(98)23-11-10-16-45-96(4,5)6)49-61-21-17-22-62(47-61)52-87-76(102)55-111-74-39-44-94(84(63)108)79(74)83(107)91-78(57(2)97)82(106)90-71(48-59-31-35-67(110-7)36-32-59)85(109)95-43-19-40-86(95,3)75(101)26-18-20-58-27-29-60(53-93)30-28-58;/h12-13,17,21-22,24-25,27-32,35-36,47,54,56-57,63,69-71,74,78-79,97H,8-11,14-16,18-20,23,26,33-34,37-46,48-53,55H2,1-7H3,(H4-,87,88,89,90,91,102,104,105,106,107);1H3/q;-1/p+1/t56-,57-,63-,69-,70+,71+,74+,78+,79+,86+;/m1./s1. The van der Waals surface area contributed by atoms with Crippen molar-refractivity contribution in [2.45, 2.75) is 236 Å². The lowest BCUT2D eigenvalue weighted by atomic mass is 9.88. The number of aromatic nitrogens is 1. The minimum Gasteiger partial charge on any atom is -0.497 e. The van der Waals surface area contributed by atoms with E-state index in [0.717, 1.165) is 65.2 Å². The van der Waals surface area contributed by atoms with E-state index in [-0.39, 0.29) is 127 Å². The molecular formula is C87H118N10O15. The van der Waals surface area contributed by atoms with Gasteiger partial charge in [-0.05, 0) is 149 Å². The number of nitrogens with zero attached hydrogens (tertiary/aromatic N) is 5. The van der Waals surface area contributed by atoms with E-state index in [9.17, 15) is 33.9 Å². The highest BCUT2D eigenvalue weighted by molar-refractivity contribution is 6.00. The van der Waals surface area contributed by atoms with Crippen LogP contribution in [0.1, 0.15) is 176 Å². The van der Waals surface area contributed by atoms with Gasteiger partial charge in [0.15, 0.2) is 11.6 Å². The van der Waals surface area contributed by atoms with Crippen LogP contribution in [0.3, 0.4) is 0 Å². The molecule has 2 saturated heterocycles. The summed E-state index contributed by atoms with van der Waals surface area (Å²) in [5.41, 5.74) is 3.89. The molecule has 6 aliphatic heterocycles. The molecule has 5 aromatic rings. The second kappa shape index (κ2) is 40.3. The van der Waals surface area contributed by atoms with Gasteiger partial charge in [-0.3, -0.25) is 57.5 Å². The van der Waals surface area contributed by atoms with Crippen LogP contribution in [0, 0.1) is 19.3 Å². The Hall–Kier alpha value is -9.46.